The van der Waals surface area contributed by atoms with Crippen LogP contribution in [0, 0.1) is 0 Å². The molecule has 0 aliphatic carbocycles. The smallest absolute Gasteiger partial charge is 0.133 e. The molecule has 0 aromatic rings. The van der Waals surface area contributed by atoms with Gasteiger partial charge in [-0.15, -0.1) is 0 Å². The third kappa shape index (κ3) is 5.88. The first-order chi connectivity index (χ1) is 3.77. The summed E-state index contributed by atoms with van der Waals surface area (Å²) in [5, 5.41) is 3.00. The van der Waals surface area contributed by atoms with Crippen LogP contribution >= 0.6 is 0 Å². The average Bonchev–Trinajstić information content (AvgIpc) is 1.66. The van der Waals surface area contributed by atoms with E-state index in [1.165, 1.54) is 7.11 Å². The normalized spacial score (nSPS) is 10.5. The lowest BCUT2D eigenvalue weighted by Gasteiger charge is -2.04. The second kappa shape index (κ2) is 5.03. The molecule has 0 amide bonds. The van der Waals surface area contributed by atoms with Gasteiger partial charge in [0.05, 0.1) is 7.11 Å². The quantitative estimate of drug-likeness (QED) is 0.253. The molecule has 0 aromatic heterocycles. The summed E-state index contributed by atoms with van der Waals surface area (Å²) in [4.78, 5) is 8.86. The van der Waals surface area contributed by atoms with Crippen molar-refractivity contribution >= 4 is 0 Å². The zero-order chi connectivity index (χ0) is 6.41. The van der Waals surface area contributed by atoms with E-state index in [0.29, 0.717) is 12.8 Å². The Morgan fingerprint density at radius 3 is 2.50 bits per heavy atom. The van der Waals surface area contributed by atoms with Gasteiger partial charge in [0.25, 0.3) is 0 Å². The average molecular weight is 119 g/mol. The second-order valence-corrected chi connectivity index (χ2v) is 1.79. The Bertz CT molecular complexity index is 47.7. The lowest BCUT2D eigenvalue weighted by atomic mass is 10.4. The van der Waals surface area contributed by atoms with Crippen molar-refractivity contribution in [1.82, 2.24) is 5.32 Å². The number of hydrogen-bond acceptors (Lipinski definition) is 3. The topological polar surface area (TPSA) is 30.5 Å². The van der Waals surface area contributed by atoms with E-state index in [2.05, 4.69) is 15.1 Å². The monoisotopic (exact) mass is 119 g/mol. The van der Waals surface area contributed by atoms with Crippen molar-refractivity contribution in [3.63, 3.8) is 0 Å². The molecular weight excluding hydrogens is 106 g/mol. The van der Waals surface area contributed by atoms with Gasteiger partial charge in [-0.25, -0.2) is 9.78 Å². The lowest BCUT2D eigenvalue weighted by Crippen LogP contribution is -2.25. The Morgan fingerprint density at radius 1 is 1.50 bits per heavy atom. The summed E-state index contributed by atoms with van der Waals surface area (Å²) in [6.07, 6.45) is 0. The van der Waals surface area contributed by atoms with E-state index in [0.717, 1.165) is 0 Å². The van der Waals surface area contributed by atoms with Gasteiger partial charge in [-0.3, -0.25) is 5.32 Å². The number of hydrogen-bond donors (Lipinski definition) is 1. The van der Waals surface area contributed by atoms with Gasteiger partial charge in [0, 0.05) is 6.04 Å². The minimum absolute atomic E-state index is 0.449. The molecule has 3 heteroatoms. The third-order valence-corrected chi connectivity index (χ3v) is 0.668. The molecule has 0 fully saturated rings. The van der Waals surface area contributed by atoms with E-state index < -0.39 is 0 Å². The Morgan fingerprint density at radius 2 is 2.12 bits per heavy atom. The fraction of sp³-hybridized carbons (Fsp3) is 1.00. The van der Waals surface area contributed by atoms with Gasteiger partial charge in [-0.2, -0.15) is 0 Å². The fourth-order valence-electron chi connectivity index (χ4n) is 0.260. The predicted molar refractivity (Wildman–Crippen MR) is 31.2 cm³/mol. The van der Waals surface area contributed by atoms with Crippen LogP contribution in [0.1, 0.15) is 13.8 Å². The van der Waals surface area contributed by atoms with Crippen LogP contribution in [0.5, 0.6) is 0 Å². The van der Waals surface area contributed by atoms with Crippen molar-refractivity contribution in [3.8, 4) is 0 Å². The van der Waals surface area contributed by atoms with Crippen molar-refractivity contribution in [1.29, 1.82) is 0 Å². The van der Waals surface area contributed by atoms with Gasteiger partial charge >= 0.3 is 0 Å². The molecule has 0 rings (SSSR count). The Labute approximate surface area is 49.9 Å². The molecule has 0 saturated heterocycles. The van der Waals surface area contributed by atoms with Gasteiger partial charge in [0.2, 0.25) is 0 Å². The Hall–Kier alpha value is -0.120. The molecule has 0 bridgehead atoms. The minimum Gasteiger partial charge on any atom is -0.290 e. The summed E-state index contributed by atoms with van der Waals surface area (Å²) in [6.45, 7) is 4.53. The highest BCUT2D eigenvalue weighted by Crippen LogP contribution is 1.75. The van der Waals surface area contributed by atoms with E-state index in [4.69, 9.17) is 0 Å². The van der Waals surface area contributed by atoms with Crippen molar-refractivity contribution in [2.24, 2.45) is 0 Å². The SMILES string of the molecule is COOCNC(C)C. The van der Waals surface area contributed by atoms with Gasteiger partial charge in [0.1, 0.15) is 6.73 Å². The molecule has 0 atom stereocenters. The summed E-state index contributed by atoms with van der Waals surface area (Å²) < 4.78 is 0. The minimum atomic E-state index is 0.449. The maximum atomic E-state index is 4.53. The molecule has 3 nitrogen and oxygen atoms in total. The lowest BCUT2D eigenvalue weighted by molar-refractivity contribution is -0.277. The molecule has 0 aromatic carbocycles. The predicted octanol–water partition coefficient (Wildman–Crippen LogP) is 0.520. The highest BCUT2D eigenvalue weighted by atomic mass is 17.2. The molecule has 0 spiro atoms. The first-order valence-corrected chi connectivity index (χ1v) is 2.66. The Kier molecular flexibility index (Phi) is 4.95. The van der Waals surface area contributed by atoms with Crippen LogP contribution < -0.4 is 5.32 Å². The standard InChI is InChI=1S/C5H13NO2/c1-5(2)6-4-8-7-3/h5-6H,4H2,1-3H3. The van der Waals surface area contributed by atoms with Gasteiger partial charge in [0.15, 0.2) is 0 Å². The van der Waals surface area contributed by atoms with Crippen LogP contribution in [0.15, 0.2) is 0 Å². The maximum Gasteiger partial charge on any atom is 0.133 e. The zero-order valence-corrected chi connectivity index (χ0v) is 5.60. The maximum absolute atomic E-state index is 4.53. The van der Waals surface area contributed by atoms with Crippen LogP contribution in [-0.2, 0) is 9.78 Å². The first-order valence-electron chi connectivity index (χ1n) is 2.66. The van der Waals surface area contributed by atoms with E-state index in [9.17, 15) is 0 Å². The summed E-state index contributed by atoms with van der Waals surface area (Å²) in [5.41, 5.74) is 0. The molecule has 50 valence electrons. The molecule has 0 aliphatic rings. The van der Waals surface area contributed by atoms with Gasteiger partial charge in [-0.05, 0) is 13.8 Å². The van der Waals surface area contributed by atoms with E-state index in [1.807, 2.05) is 13.8 Å². The molecule has 1 N–H and O–H groups in total. The van der Waals surface area contributed by atoms with Crippen LogP contribution in [0.2, 0.25) is 0 Å². The molecule has 0 heterocycles. The first kappa shape index (κ1) is 7.88. The van der Waals surface area contributed by atoms with Gasteiger partial charge in [-0.1, -0.05) is 0 Å². The van der Waals surface area contributed by atoms with E-state index >= 15 is 0 Å². The number of rotatable bonds is 4. The van der Waals surface area contributed by atoms with Crippen molar-refractivity contribution in [2.75, 3.05) is 13.8 Å². The number of nitrogens with one attached hydrogen (secondary N) is 1. The van der Waals surface area contributed by atoms with Gasteiger partial charge < -0.3 is 0 Å². The molecule has 0 saturated carbocycles. The largest absolute Gasteiger partial charge is 0.290 e. The highest BCUT2D eigenvalue weighted by molar-refractivity contribution is 4.43. The van der Waals surface area contributed by atoms with Crippen LogP contribution in [0.3, 0.4) is 0 Å². The molecule has 8 heavy (non-hydrogen) atoms. The summed E-state index contributed by atoms with van der Waals surface area (Å²) in [5.74, 6) is 0. The molecular formula is C5H13NO2. The third-order valence-electron chi connectivity index (χ3n) is 0.668. The summed E-state index contributed by atoms with van der Waals surface area (Å²) in [7, 11) is 1.49. The van der Waals surface area contributed by atoms with Crippen LogP contribution in [0.25, 0.3) is 0 Å². The van der Waals surface area contributed by atoms with Crippen LogP contribution in [-0.4, -0.2) is 19.9 Å². The fourth-order valence-corrected chi connectivity index (χ4v) is 0.260. The van der Waals surface area contributed by atoms with Crippen LogP contribution in [0.4, 0.5) is 0 Å². The highest BCUT2D eigenvalue weighted by Gasteiger charge is 1.88. The molecule has 0 unspecified atom stereocenters. The summed E-state index contributed by atoms with van der Waals surface area (Å²) in [6, 6.07) is 0.449. The van der Waals surface area contributed by atoms with E-state index in [1.54, 1.807) is 0 Å². The molecule has 0 aliphatic heterocycles. The van der Waals surface area contributed by atoms with Crippen molar-refractivity contribution < 1.29 is 9.78 Å². The van der Waals surface area contributed by atoms with Crippen molar-refractivity contribution in [2.45, 2.75) is 19.9 Å². The van der Waals surface area contributed by atoms with Crippen molar-refractivity contribution in [3.05, 3.63) is 0 Å². The van der Waals surface area contributed by atoms with E-state index in [-0.39, 0.29) is 0 Å². The molecule has 0 radical (unpaired) electrons. The second-order valence-electron chi connectivity index (χ2n) is 1.79. The Balaban J connectivity index is 2.72. The zero-order valence-electron chi connectivity index (χ0n) is 5.60. The summed E-state index contributed by atoms with van der Waals surface area (Å²) >= 11 is 0.